The average molecular weight is 476 g/mol. The Bertz CT molecular complexity index is 791. The summed E-state index contributed by atoms with van der Waals surface area (Å²) in [7, 11) is 0. The van der Waals surface area contributed by atoms with Gasteiger partial charge in [0, 0.05) is 0 Å². The summed E-state index contributed by atoms with van der Waals surface area (Å²) in [5, 5.41) is 91.3. The highest BCUT2D eigenvalue weighted by atomic mass is 16.7. The van der Waals surface area contributed by atoms with Gasteiger partial charge in [-0.05, 0) is 5.56 Å². The molecule has 186 valence electrons. The quantitative estimate of drug-likeness (QED) is 0.170. The number of aliphatic carboxylic acids is 1. The van der Waals surface area contributed by atoms with E-state index in [9.17, 15) is 50.8 Å². The van der Waals surface area contributed by atoms with E-state index in [1.165, 1.54) is 12.1 Å². The van der Waals surface area contributed by atoms with Crippen LogP contribution in [0.4, 0.5) is 0 Å². The summed E-state index contributed by atoms with van der Waals surface area (Å²) in [5.41, 5.74) is -2.36. The van der Waals surface area contributed by atoms with Gasteiger partial charge in [-0.3, -0.25) is 0 Å². The Morgan fingerprint density at radius 2 is 1.70 bits per heavy atom. The lowest BCUT2D eigenvalue weighted by atomic mass is 9.78. The van der Waals surface area contributed by atoms with E-state index in [0.717, 1.165) is 0 Å². The number of carboxylic acids is 1. The Balaban J connectivity index is 1.75. The predicted molar refractivity (Wildman–Crippen MR) is 104 cm³/mol. The molecule has 2 saturated heterocycles. The van der Waals surface area contributed by atoms with Gasteiger partial charge in [-0.2, -0.15) is 0 Å². The lowest BCUT2D eigenvalue weighted by molar-refractivity contribution is -0.339. The van der Waals surface area contributed by atoms with E-state index in [1.54, 1.807) is 18.2 Å². The van der Waals surface area contributed by atoms with Crippen LogP contribution in [-0.2, 0) is 19.0 Å². The molecule has 0 aromatic heterocycles. The Labute approximate surface area is 187 Å². The number of aliphatic hydroxyl groups excluding tert-OH is 7. The van der Waals surface area contributed by atoms with Crippen molar-refractivity contribution in [3.05, 3.63) is 35.9 Å². The fraction of sp³-hybridized carbons (Fsp3) is 0.650. The third-order valence-electron chi connectivity index (χ3n) is 5.95. The molecule has 2 heterocycles. The van der Waals surface area contributed by atoms with Crippen molar-refractivity contribution < 1.29 is 65.0 Å². The first-order valence-corrected chi connectivity index (χ1v) is 10.1. The van der Waals surface area contributed by atoms with Crippen molar-refractivity contribution in [3.63, 3.8) is 0 Å². The molecule has 2 aliphatic heterocycles. The first-order chi connectivity index (χ1) is 15.5. The highest BCUT2D eigenvalue weighted by Gasteiger charge is 2.60. The molecule has 0 spiro atoms. The molecule has 11 atom stereocenters. The second kappa shape index (κ2) is 10.2. The smallest absolute Gasteiger partial charge is 0.337 e. The number of rotatable bonds is 7. The summed E-state index contributed by atoms with van der Waals surface area (Å²) < 4.78 is 15.7. The van der Waals surface area contributed by atoms with Gasteiger partial charge in [0.2, 0.25) is 0 Å². The normalized spacial score (nSPS) is 41.3. The van der Waals surface area contributed by atoms with Gasteiger partial charge in [-0.25, -0.2) is 4.79 Å². The molecule has 0 amide bonds. The molecule has 13 heteroatoms. The van der Waals surface area contributed by atoms with Gasteiger partial charge >= 0.3 is 5.97 Å². The SMILES string of the molecule is O=C(O)C(OC(O)[C@H]1OC[C@@](O)([C@@H]2O[C@H](CO)[C@@H](O)[C@H](O)[C@H]2O)[C@@H](O)[C@@H]1O)c1ccccc1. The van der Waals surface area contributed by atoms with Crippen LogP contribution in [-0.4, -0.2) is 126 Å². The van der Waals surface area contributed by atoms with Crippen molar-refractivity contribution in [1.82, 2.24) is 0 Å². The lowest BCUT2D eigenvalue weighted by Crippen LogP contribution is -2.74. The Hall–Kier alpha value is -1.75. The van der Waals surface area contributed by atoms with Crippen LogP contribution in [0.2, 0.25) is 0 Å². The zero-order valence-electron chi connectivity index (χ0n) is 17.2. The van der Waals surface area contributed by atoms with Gasteiger partial charge in [-0.15, -0.1) is 0 Å². The number of hydrogen-bond donors (Lipinski definition) is 9. The van der Waals surface area contributed by atoms with E-state index < -0.39 is 86.0 Å². The van der Waals surface area contributed by atoms with Crippen LogP contribution >= 0.6 is 0 Å². The Kier molecular flexibility index (Phi) is 8.03. The van der Waals surface area contributed by atoms with Crippen LogP contribution in [0.15, 0.2) is 30.3 Å². The van der Waals surface area contributed by atoms with Gasteiger partial charge in [0.25, 0.3) is 0 Å². The lowest BCUT2D eigenvalue weighted by Gasteiger charge is -2.52. The van der Waals surface area contributed by atoms with Gasteiger partial charge in [-0.1, -0.05) is 30.3 Å². The minimum Gasteiger partial charge on any atom is -0.479 e. The van der Waals surface area contributed by atoms with Crippen LogP contribution in [0.25, 0.3) is 0 Å². The molecule has 1 aromatic carbocycles. The molecular weight excluding hydrogens is 448 g/mol. The van der Waals surface area contributed by atoms with E-state index in [4.69, 9.17) is 14.2 Å². The molecule has 3 rings (SSSR count). The Morgan fingerprint density at radius 1 is 1.06 bits per heavy atom. The molecule has 9 N–H and O–H groups in total. The number of carbonyl (C=O) groups is 1. The fourth-order valence-corrected chi connectivity index (χ4v) is 4.03. The van der Waals surface area contributed by atoms with Gasteiger partial charge in [0.05, 0.1) is 13.2 Å². The monoisotopic (exact) mass is 476 g/mol. The molecular formula is C20H28O13. The van der Waals surface area contributed by atoms with E-state index in [-0.39, 0.29) is 5.56 Å². The Morgan fingerprint density at radius 3 is 2.27 bits per heavy atom. The third-order valence-corrected chi connectivity index (χ3v) is 5.95. The minimum absolute atomic E-state index is 0.188. The second-order valence-electron chi connectivity index (χ2n) is 8.11. The van der Waals surface area contributed by atoms with Crippen LogP contribution in [0.3, 0.4) is 0 Å². The summed E-state index contributed by atoms with van der Waals surface area (Å²) in [6, 6.07) is 7.63. The van der Waals surface area contributed by atoms with Crippen molar-refractivity contribution in [2.45, 2.75) is 66.8 Å². The zero-order chi connectivity index (χ0) is 24.5. The summed E-state index contributed by atoms with van der Waals surface area (Å²) >= 11 is 0. The van der Waals surface area contributed by atoms with Crippen LogP contribution < -0.4 is 0 Å². The highest BCUT2D eigenvalue weighted by molar-refractivity contribution is 5.74. The van der Waals surface area contributed by atoms with Crippen molar-refractivity contribution in [1.29, 1.82) is 0 Å². The third kappa shape index (κ3) is 4.89. The second-order valence-corrected chi connectivity index (χ2v) is 8.11. The largest absolute Gasteiger partial charge is 0.479 e. The number of ether oxygens (including phenoxy) is 3. The molecule has 2 unspecified atom stereocenters. The molecule has 0 aliphatic carbocycles. The van der Waals surface area contributed by atoms with Crippen LogP contribution in [0, 0.1) is 0 Å². The van der Waals surface area contributed by atoms with Gasteiger partial charge < -0.3 is 60.2 Å². The number of hydrogen-bond acceptors (Lipinski definition) is 12. The molecule has 0 bridgehead atoms. The zero-order valence-corrected chi connectivity index (χ0v) is 17.2. The van der Waals surface area contributed by atoms with Crippen molar-refractivity contribution >= 4 is 5.97 Å². The average Bonchev–Trinajstić information content (AvgIpc) is 2.80. The van der Waals surface area contributed by atoms with E-state index >= 15 is 0 Å². The molecule has 0 saturated carbocycles. The summed E-state index contributed by atoms with van der Waals surface area (Å²) in [5.74, 6) is -1.44. The highest BCUT2D eigenvalue weighted by Crippen LogP contribution is 2.36. The van der Waals surface area contributed by atoms with Crippen LogP contribution in [0.1, 0.15) is 11.7 Å². The maximum atomic E-state index is 11.6. The standard InChI is InChI=1S/C20H28O13/c21-6-9-10(22)11(23)12(24)17(32-9)20(30)7-31-15(13(25)16(20)26)19(29)33-14(18(27)28)8-4-2-1-3-5-8/h1-5,9-17,19,21-26,29-30H,6-7H2,(H,27,28)/t9-,10-,11+,12-,13-,14?,15+,16+,17-,19?,20+/m1/s1. The molecule has 2 fully saturated rings. The van der Waals surface area contributed by atoms with E-state index in [1.807, 2.05) is 0 Å². The molecule has 13 nitrogen and oxygen atoms in total. The molecule has 0 radical (unpaired) electrons. The first-order valence-electron chi connectivity index (χ1n) is 10.1. The minimum atomic E-state index is -2.55. The van der Waals surface area contributed by atoms with E-state index in [2.05, 4.69) is 0 Å². The summed E-state index contributed by atoms with van der Waals surface area (Å²) in [6.07, 6.45) is -18.3. The maximum absolute atomic E-state index is 11.6. The number of benzene rings is 1. The van der Waals surface area contributed by atoms with Gasteiger partial charge in [0.1, 0.15) is 54.4 Å². The van der Waals surface area contributed by atoms with Crippen LogP contribution in [0.5, 0.6) is 0 Å². The van der Waals surface area contributed by atoms with Crippen molar-refractivity contribution in [3.8, 4) is 0 Å². The number of aliphatic hydroxyl groups is 8. The summed E-state index contributed by atoms with van der Waals surface area (Å²) in [6.45, 7) is -1.65. The van der Waals surface area contributed by atoms with E-state index in [0.29, 0.717) is 0 Å². The first kappa shape index (κ1) is 25.9. The van der Waals surface area contributed by atoms with Crippen molar-refractivity contribution in [2.24, 2.45) is 0 Å². The summed E-state index contributed by atoms with van der Waals surface area (Å²) in [4.78, 5) is 11.6. The molecule has 1 aromatic rings. The topological polar surface area (TPSA) is 227 Å². The molecule has 33 heavy (non-hydrogen) atoms. The maximum Gasteiger partial charge on any atom is 0.337 e. The van der Waals surface area contributed by atoms with Crippen molar-refractivity contribution in [2.75, 3.05) is 13.2 Å². The molecule has 2 aliphatic rings. The number of carboxylic acid groups (broad SMARTS) is 1. The van der Waals surface area contributed by atoms with Gasteiger partial charge in [0.15, 0.2) is 12.4 Å². The predicted octanol–water partition coefficient (Wildman–Crippen LogP) is -4.16. The fourth-order valence-electron chi connectivity index (χ4n) is 4.03.